The van der Waals surface area contributed by atoms with Crippen LogP contribution < -0.4 is 11.1 Å². The molecule has 0 aliphatic carbocycles. The molecule has 0 saturated carbocycles. The van der Waals surface area contributed by atoms with Crippen molar-refractivity contribution in [2.24, 2.45) is 17.6 Å². The number of carbonyl (C=O) groups is 2. The molecule has 1 aromatic rings. The highest BCUT2D eigenvalue weighted by Gasteiger charge is 2.26. The highest BCUT2D eigenvalue weighted by molar-refractivity contribution is 5.98. The van der Waals surface area contributed by atoms with Crippen LogP contribution in [0, 0.1) is 18.8 Å². The lowest BCUT2D eigenvalue weighted by Gasteiger charge is -2.27. The quantitative estimate of drug-likeness (QED) is 0.670. The number of nitrogens with one attached hydrogen (secondary N) is 1. The molecule has 5 nitrogen and oxygen atoms in total. The highest BCUT2D eigenvalue weighted by atomic mass is 35.5. The van der Waals surface area contributed by atoms with E-state index in [0.717, 1.165) is 12.0 Å². The SMILES string of the molecule is Cc1ccccc1C(=O)NC(CC(C)C)C(=O)N(C)CCC(N)C(C)C.Cl. The first-order chi connectivity index (χ1) is 12.1. The van der Waals surface area contributed by atoms with Gasteiger partial charge in [0, 0.05) is 25.2 Å². The highest BCUT2D eigenvalue weighted by Crippen LogP contribution is 2.12. The number of nitrogens with zero attached hydrogens (tertiary/aromatic N) is 1. The molecule has 0 aliphatic heterocycles. The van der Waals surface area contributed by atoms with E-state index >= 15 is 0 Å². The lowest BCUT2D eigenvalue weighted by Crippen LogP contribution is -2.49. The van der Waals surface area contributed by atoms with Crippen LogP contribution in [-0.4, -0.2) is 42.4 Å². The minimum absolute atomic E-state index is 0. The van der Waals surface area contributed by atoms with Crippen LogP contribution >= 0.6 is 12.4 Å². The molecular formula is C21H36ClN3O2. The van der Waals surface area contributed by atoms with Crippen LogP contribution in [0.5, 0.6) is 0 Å². The van der Waals surface area contributed by atoms with E-state index in [0.29, 0.717) is 30.4 Å². The summed E-state index contributed by atoms with van der Waals surface area (Å²) < 4.78 is 0. The Morgan fingerprint density at radius 3 is 2.26 bits per heavy atom. The second kappa shape index (κ2) is 12.0. The van der Waals surface area contributed by atoms with Gasteiger partial charge in [-0.25, -0.2) is 0 Å². The summed E-state index contributed by atoms with van der Waals surface area (Å²) in [7, 11) is 1.78. The summed E-state index contributed by atoms with van der Waals surface area (Å²) in [6.45, 7) is 10.7. The number of aryl methyl sites for hydroxylation is 1. The standard InChI is InChI=1S/C21H35N3O2.ClH/c1-14(2)13-19(21(26)24(6)12-11-18(22)15(3)4)23-20(25)17-10-8-7-9-16(17)5;/h7-10,14-15,18-19H,11-13,22H2,1-6H3,(H,23,25);1H. The number of rotatable bonds is 9. The van der Waals surface area contributed by atoms with Gasteiger partial charge in [0.05, 0.1) is 0 Å². The van der Waals surface area contributed by atoms with Gasteiger partial charge in [0.25, 0.3) is 5.91 Å². The van der Waals surface area contributed by atoms with Crippen molar-refractivity contribution in [1.82, 2.24) is 10.2 Å². The van der Waals surface area contributed by atoms with Crippen LogP contribution in [0.25, 0.3) is 0 Å². The minimum Gasteiger partial charge on any atom is -0.344 e. The van der Waals surface area contributed by atoms with Gasteiger partial charge in [0.1, 0.15) is 6.04 Å². The Hall–Kier alpha value is -1.59. The van der Waals surface area contributed by atoms with Crippen molar-refractivity contribution in [3.05, 3.63) is 35.4 Å². The second-order valence-corrected chi connectivity index (χ2v) is 7.93. The number of amides is 2. The van der Waals surface area contributed by atoms with Gasteiger partial charge in [0.2, 0.25) is 5.91 Å². The summed E-state index contributed by atoms with van der Waals surface area (Å²) in [5.74, 6) is 0.420. The molecule has 2 atom stereocenters. The Labute approximate surface area is 170 Å². The normalized spacial score (nSPS) is 13.1. The van der Waals surface area contributed by atoms with Crippen LogP contribution in [0.15, 0.2) is 24.3 Å². The summed E-state index contributed by atoms with van der Waals surface area (Å²) in [6.07, 6.45) is 1.36. The average Bonchev–Trinajstić information content (AvgIpc) is 2.57. The van der Waals surface area contributed by atoms with Gasteiger partial charge in [-0.15, -0.1) is 12.4 Å². The molecule has 0 aliphatic rings. The van der Waals surface area contributed by atoms with E-state index in [1.165, 1.54) is 0 Å². The van der Waals surface area contributed by atoms with Crippen molar-refractivity contribution in [2.75, 3.05) is 13.6 Å². The minimum atomic E-state index is -0.526. The van der Waals surface area contributed by atoms with Crippen LogP contribution in [0.3, 0.4) is 0 Å². The molecule has 0 spiro atoms. The van der Waals surface area contributed by atoms with E-state index in [-0.39, 0.29) is 30.3 Å². The molecule has 1 aromatic carbocycles. The van der Waals surface area contributed by atoms with Gasteiger partial charge in [-0.3, -0.25) is 9.59 Å². The van der Waals surface area contributed by atoms with E-state index in [2.05, 4.69) is 33.0 Å². The molecule has 2 unspecified atom stereocenters. The molecule has 2 amide bonds. The van der Waals surface area contributed by atoms with Gasteiger partial charge in [-0.1, -0.05) is 45.9 Å². The Kier molecular flexibility index (Phi) is 11.3. The molecular weight excluding hydrogens is 362 g/mol. The van der Waals surface area contributed by atoms with E-state index < -0.39 is 6.04 Å². The molecule has 1 rings (SSSR count). The van der Waals surface area contributed by atoms with Crippen molar-refractivity contribution in [1.29, 1.82) is 0 Å². The number of halogens is 1. The van der Waals surface area contributed by atoms with Crippen LogP contribution in [0.1, 0.15) is 56.5 Å². The average molecular weight is 398 g/mol. The first kappa shape index (κ1) is 25.4. The molecule has 0 fully saturated rings. The van der Waals surface area contributed by atoms with E-state index in [9.17, 15) is 9.59 Å². The first-order valence-electron chi connectivity index (χ1n) is 9.50. The molecule has 27 heavy (non-hydrogen) atoms. The van der Waals surface area contributed by atoms with Crippen molar-refractivity contribution in [3.63, 3.8) is 0 Å². The van der Waals surface area contributed by atoms with Gasteiger partial charge < -0.3 is 16.0 Å². The van der Waals surface area contributed by atoms with Gasteiger partial charge in [-0.05, 0) is 43.2 Å². The predicted molar refractivity (Wildman–Crippen MR) is 114 cm³/mol. The maximum absolute atomic E-state index is 12.9. The van der Waals surface area contributed by atoms with E-state index in [1.54, 1.807) is 18.0 Å². The van der Waals surface area contributed by atoms with Crippen molar-refractivity contribution in [2.45, 2.75) is 59.5 Å². The first-order valence-corrected chi connectivity index (χ1v) is 9.50. The van der Waals surface area contributed by atoms with Gasteiger partial charge >= 0.3 is 0 Å². The van der Waals surface area contributed by atoms with Crippen molar-refractivity contribution < 1.29 is 9.59 Å². The smallest absolute Gasteiger partial charge is 0.252 e. The Bertz CT molecular complexity index is 605. The third-order valence-corrected chi connectivity index (χ3v) is 4.73. The molecule has 0 radical (unpaired) electrons. The second-order valence-electron chi connectivity index (χ2n) is 7.93. The fraction of sp³-hybridized carbons (Fsp3) is 0.619. The largest absolute Gasteiger partial charge is 0.344 e. The number of benzene rings is 1. The molecule has 154 valence electrons. The fourth-order valence-electron chi connectivity index (χ4n) is 2.81. The number of nitrogens with two attached hydrogens (primary N) is 1. The van der Waals surface area contributed by atoms with Gasteiger partial charge in [-0.2, -0.15) is 0 Å². The lowest BCUT2D eigenvalue weighted by molar-refractivity contribution is -0.132. The molecule has 0 aromatic heterocycles. The van der Waals surface area contributed by atoms with E-state index in [1.807, 2.05) is 25.1 Å². The van der Waals surface area contributed by atoms with Crippen LogP contribution in [-0.2, 0) is 4.79 Å². The van der Waals surface area contributed by atoms with Gasteiger partial charge in [0.15, 0.2) is 0 Å². The molecule has 0 bridgehead atoms. The fourth-order valence-corrected chi connectivity index (χ4v) is 2.81. The molecule has 0 saturated heterocycles. The predicted octanol–water partition coefficient (Wildman–Crippen LogP) is 3.39. The Balaban J connectivity index is 0.00000676. The summed E-state index contributed by atoms with van der Waals surface area (Å²) in [4.78, 5) is 27.2. The molecule has 0 heterocycles. The number of carbonyl (C=O) groups excluding carboxylic acids is 2. The molecule has 6 heteroatoms. The maximum Gasteiger partial charge on any atom is 0.252 e. The molecule has 3 N–H and O–H groups in total. The Morgan fingerprint density at radius 1 is 1.15 bits per heavy atom. The van der Waals surface area contributed by atoms with Crippen molar-refractivity contribution >= 4 is 24.2 Å². The summed E-state index contributed by atoms with van der Waals surface area (Å²) in [5.41, 5.74) is 7.60. The monoisotopic (exact) mass is 397 g/mol. The third-order valence-electron chi connectivity index (χ3n) is 4.73. The van der Waals surface area contributed by atoms with Crippen molar-refractivity contribution in [3.8, 4) is 0 Å². The maximum atomic E-state index is 12.9. The van der Waals surface area contributed by atoms with Crippen LogP contribution in [0.2, 0.25) is 0 Å². The zero-order valence-corrected chi connectivity index (χ0v) is 18.3. The summed E-state index contributed by atoms with van der Waals surface area (Å²) in [5, 5.41) is 2.94. The zero-order valence-electron chi connectivity index (χ0n) is 17.5. The number of hydrogen-bond donors (Lipinski definition) is 2. The Morgan fingerprint density at radius 2 is 1.74 bits per heavy atom. The van der Waals surface area contributed by atoms with Crippen LogP contribution in [0.4, 0.5) is 0 Å². The lowest BCUT2D eigenvalue weighted by atomic mass is 10.00. The van der Waals surface area contributed by atoms with E-state index in [4.69, 9.17) is 5.73 Å². The summed E-state index contributed by atoms with van der Waals surface area (Å²) in [6, 6.07) is 6.95. The number of likely N-dealkylation sites (N-methyl/N-ethyl adjacent to an activating group) is 1. The summed E-state index contributed by atoms with van der Waals surface area (Å²) >= 11 is 0. The number of hydrogen-bond acceptors (Lipinski definition) is 3. The third kappa shape index (κ3) is 8.31. The zero-order chi connectivity index (χ0) is 19.9. The topological polar surface area (TPSA) is 75.4 Å².